The molecule has 1 aromatic heterocycles. The monoisotopic (exact) mass is 189 g/mol. The lowest BCUT2D eigenvalue weighted by atomic mass is 10.2. The fourth-order valence-corrected chi connectivity index (χ4v) is 1.92. The molecule has 1 saturated carbocycles. The minimum atomic E-state index is -0.114. The molecule has 1 aromatic carbocycles. The maximum Gasteiger partial charge on any atom is 0.132 e. The summed E-state index contributed by atoms with van der Waals surface area (Å²) in [5.41, 5.74) is 1.02. The van der Waals surface area contributed by atoms with Gasteiger partial charge >= 0.3 is 0 Å². The Morgan fingerprint density at radius 3 is 2.93 bits per heavy atom. The van der Waals surface area contributed by atoms with Gasteiger partial charge in [0.1, 0.15) is 5.82 Å². The molecule has 1 fully saturated rings. The van der Waals surface area contributed by atoms with Crippen LogP contribution in [0.25, 0.3) is 10.9 Å². The van der Waals surface area contributed by atoms with Crippen LogP contribution in [-0.4, -0.2) is 4.57 Å². The number of aromatic nitrogens is 1. The number of hydrogen-bond donors (Lipinski definition) is 0. The highest BCUT2D eigenvalue weighted by Crippen LogP contribution is 2.32. The van der Waals surface area contributed by atoms with Crippen LogP contribution in [0.1, 0.15) is 12.8 Å². The molecule has 1 heterocycles. The summed E-state index contributed by atoms with van der Waals surface area (Å²) < 4.78 is 15.5. The molecule has 0 bridgehead atoms. The Morgan fingerprint density at radius 1 is 1.29 bits per heavy atom. The molecule has 0 radical (unpaired) electrons. The average Bonchev–Trinajstić information content (AvgIpc) is 2.88. The number of hydrogen-bond acceptors (Lipinski definition) is 0. The second-order valence-corrected chi connectivity index (χ2v) is 4.08. The molecule has 72 valence electrons. The zero-order valence-corrected chi connectivity index (χ0v) is 7.91. The van der Waals surface area contributed by atoms with Crippen molar-refractivity contribution in [1.29, 1.82) is 0 Å². The minimum absolute atomic E-state index is 0.114. The highest BCUT2D eigenvalue weighted by atomic mass is 19.1. The molecule has 0 aliphatic heterocycles. The Balaban J connectivity index is 2.10. The third kappa shape index (κ3) is 1.22. The van der Waals surface area contributed by atoms with Crippen LogP contribution < -0.4 is 0 Å². The van der Waals surface area contributed by atoms with E-state index in [1.165, 1.54) is 18.9 Å². The van der Waals surface area contributed by atoms with E-state index in [2.05, 4.69) is 4.57 Å². The first-order chi connectivity index (χ1) is 6.84. The second kappa shape index (κ2) is 2.84. The van der Waals surface area contributed by atoms with Gasteiger partial charge in [0.05, 0.1) is 5.52 Å². The van der Waals surface area contributed by atoms with Gasteiger partial charge < -0.3 is 4.57 Å². The van der Waals surface area contributed by atoms with Crippen molar-refractivity contribution in [1.82, 2.24) is 4.57 Å². The van der Waals surface area contributed by atoms with Gasteiger partial charge in [-0.2, -0.15) is 0 Å². The molecule has 14 heavy (non-hydrogen) atoms. The Labute approximate surface area is 82.2 Å². The Kier molecular flexibility index (Phi) is 1.63. The smallest absolute Gasteiger partial charge is 0.132 e. The number of nitrogens with zero attached hydrogens (tertiary/aromatic N) is 1. The van der Waals surface area contributed by atoms with Crippen molar-refractivity contribution in [3.05, 3.63) is 36.3 Å². The third-order valence-electron chi connectivity index (χ3n) is 2.91. The Hall–Kier alpha value is -1.31. The van der Waals surface area contributed by atoms with E-state index in [1.807, 2.05) is 18.3 Å². The molecule has 0 amide bonds. The maximum atomic E-state index is 13.3. The molecular weight excluding hydrogens is 177 g/mol. The van der Waals surface area contributed by atoms with Gasteiger partial charge in [-0.1, -0.05) is 6.07 Å². The van der Waals surface area contributed by atoms with E-state index in [4.69, 9.17) is 0 Å². The fraction of sp³-hybridized carbons (Fsp3) is 0.333. The number of rotatable bonds is 2. The van der Waals surface area contributed by atoms with Gasteiger partial charge in [-0.3, -0.25) is 0 Å². The first-order valence-electron chi connectivity index (χ1n) is 5.08. The highest BCUT2D eigenvalue weighted by molar-refractivity contribution is 5.80. The molecule has 0 saturated heterocycles. The van der Waals surface area contributed by atoms with Crippen molar-refractivity contribution < 1.29 is 4.39 Å². The topological polar surface area (TPSA) is 4.93 Å². The Bertz CT molecular complexity index is 468. The van der Waals surface area contributed by atoms with Crippen molar-refractivity contribution in [2.24, 2.45) is 5.92 Å². The zero-order valence-electron chi connectivity index (χ0n) is 7.91. The molecule has 1 aliphatic carbocycles. The number of halogens is 1. The van der Waals surface area contributed by atoms with E-state index >= 15 is 0 Å². The van der Waals surface area contributed by atoms with E-state index in [0.29, 0.717) is 0 Å². The van der Waals surface area contributed by atoms with Crippen molar-refractivity contribution in [2.45, 2.75) is 19.4 Å². The van der Waals surface area contributed by atoms with Crippen molar-refractivity contribution >= 4 is 10.9 Å². The predicted octanol–water partition coefficient (Wildman–Crippen LogP) is 3.19. The lowest BCUT2D eigenvalue weighted by Crippen LogP contribution is -1.97. The minimum Gasteiger partial charge on any atom is -0.347 e. The van der Waals surface area contributed by atoms with Gasteiger partial charge in [0, 0.05) is 18.1 Å². The van der Waals surface area contributed by atoms with Crippen LogP contribution in [-0.2, 0) is 6.54 Å². The first-order valence-corrected chi connectivity index (χ1v) is 5.08. The highest BCUT2D eigenvalue weighted by Gasteiger charge is 2.22. The van der Waals surface area contributed by atoms with Crippen molar-refractivity contribution in [2.75, 3.05) is 0 Å². The second-order valence-electron chi connectivity index (χ2n) is 4.08. The summed E-state index contributed by atoms with van der Waals surface area (Å²) >= 11 is 0. The van der Waals surface area contributed by atoms with Gasteiger partial charge in [-0.15, -0.1) is 0 Å². The molecule has 2 aromatic rings. The lowest BCUT2D eigenvalue weighted by molar-refractivity contribution is 0.635. The van der Waals surface area contributed by atoms with Crippen LogP contribution in [0.3, 0.4) is 0 Å². The van der Waals surface area contributed by atoms with Crippen LogP contribution >= 0.6 is 0 Å². The van der Waals surface area contributed by atoms with Gasteiger partial charge in [0.2, 0.25) is 0 Å². The van der Waals surface area contributed by atoms with Crippen LogP contribution in [0.15, 0.2) is 30.5 Å². The molecule has 1 nitrogen and oxygen atoms in total. The summed E-state index contributed by atoms with van der Waals surface area (Å²) in [6.07, 6.45) is 4.65. The van der Waals surface area contributed by atoms with E-state index in [0.717, 1.165) is 23.4 Å². The summed E-state index contributed by atoms with van der Waals surface area (Å²) in [7, 11) is 0. The van der Waals surface area contributed by atoms with Crippen molar-refractivity contribution in [3.63, 3.8) is 0 Å². The molecule has 1 aliphatic rings. The van der Waals surface area contributed by atoms with Gasteiger partial charge in [-0.25, -0.2) is 4.39 Å². The van der Waals surface area contributed by atoms with Gasteiger partial charge in [0.25, 0.3) is 0 Å². The van der Waals surface area contributed by atoms with Crippen LogP contribution in [0.4, 0.5) is 4.39 Å². The quantitative estimate of drug-likeness (QED) is 0.683. The van der Waals surface area contributed by atoms with E-state index in [9.17, 15) is 4.39 Å². The summed E-state index contributed by atoms with van der Waals surface area (Å²) in [6, 6.07) is 7.15. The maximum absolute atomic E-state index is 13.3. The molecule has 0 unspecified atom stereocenters. The standard InChI is InChI=1S/C12H12FN/c13-11-2-1-3-12-10(11)6-7-14(12)8-9-4-5-9/h1-3,6-7,9H,4-5,8H2. The third-order valence-corrected chi connectivity index (χ3v) is 2.91. The summed E-state index contributed by atoms with van der Waals surface area (Å²) in [4.78, 5) is 0. The number of fused-ring (bicyclic) bond motifs is 1. The fourth-order valence-electron chi connectivity index (χ4n) is 1.92. The Morgan fingerprint density at radius 2 is 2.14 bits per heavy atom. The normalized spacial score (nSPS) is 16.4. The van der Waals surface area contributed by atoms with E-state index in [1.54, 1.807) is 6.07 Å². The van der Waals surface area contributed by atoms with E-state index in [-0.39, 0.29) is 5.82 Å². The SMILES string of the molecule is Fc1cccc2c1ccn2CC1CC1. The average molecular weight is 189 g/mol. The van der Waals surface area contributed by atoms with Gasteiger partial charge in [-0.05, 0) is 37.0 Å². The van der Waals surface area contributed by atoms with E-state index < -0.39 is 0 Å². The summed E-state index contributed by atoms with van der Waals surface area (Å²) in [6.45, 7) is 1.05. The zero-order chi connectivity index (χ0) is 9.54. The lowest BCUT2D eigenvalue weighted by Gasteiger charge is -2.03. The van der Waals surface area contributed by atoms with Crippen LogP contribution in [0.5, 0.6) is 0 Å². The molecule has 3 rings (SSSR count). The molecule has 0 N–H and O–H groups in total. The summed E-state index contributed by atoms with van der Waals surface area (Å²) in [5, 5.41) is 0.744. The van der Waals surface area contributed by atoms with Crippen LogP contribution in [0.2, 0.25) is 0 Å². The van der Waals surface area contributed by atoms with Crippen molar-refractivity contribution in [3.8, 4) is 0 Å². The predicted molar refractivity (Wildman–Crippen MR) is 54.6 cm³/mol. The largest absolute Gasteiger partial charge is 0.347 e. The van der Waals surface area contributed by atoms with Gasteiger partial charge in [0.15, 0.2) is 0 Å². The van der Waals surface area contributed by atoms with Crippen LogP contribution in [0, 0.1) is 11.7 Å². The molecule has 0 atom stereocenters. The molecule has 2 heteroatoms. The first kappa shape index (κ1) is 8.04. The molecule has 0 spiro atoms. The molecular formula is C12H12FN. The summed E-state index contributed by atoms with van der Waals surface area (Å²) in [5.74, 6) is 0.714. The number of benzene rings is 1.